The largest absolute Gasteiger partial charge is 0.371 e. The average Bonchev–Trinajstić information content (AvgIpc) is 2.79. The van der Waals surface area contributed by atoms with Gasteiger partial charge in [0.05, 0.1) is 17.4 Å². The van der Waals surface area contributed by atoms with Gasteiger partial charge in [0.15, 0.2) is 0 Å². The van der Waals surface area contributed by atoms with Crippen LogP contribution in [0.15, 0.2) is 73.2 Å². The third kappa shape index (κ3) is 3.51. The summed E-state index contributed by atoms with van der Waals surface area (Å²) in [6.07, 6.45) is 6.85. The summed E-state index contributed by atoms with van der Waals surface area (Å²) in [6.45, 7) is 1.77. The summed E-state index contributed by atoms with van der Waals surface area (Å²) in [7, 11) is 0. The number of nitrogens with one attached hydrogen (secondary N) is 1. The Morgan fingerprint density at radius 2 is 1.79 bits per heavy atom. The van der Waals surface area contributed by atoms with Gasteiger partial charge in [0.25, 0.3) is 0 Å². The zero-order valence-corrected chi connectivity index (χ0v) is 16.1. The number of amides is 1. The Balaban J connectivity index is 1.26. The number of rotatable bonds is 3. The maximum atomic E-state index is 12.9. The van der Waals surface area contributed by atoms with Crippen molar-refractivity contribution in [1.29, 1.82) is 0 Å². The number of fused-ring (bicyclic) bond motifs is 2. The lowest BCUT2D eigenvalue weighted by atomic mass is 9.95. The maximum absolute atomic E-state index is 12.9. The minimum absolute atomic E-state index is 0.0248. The summed E-state index contributed by atoms with van der Waals surface area (Å²) in [5, 5.41) is 6.54. The van der Waals surface area contributed by atoms with Crippen LogP contribution in [0, 0.1) is 5.92 Å². The molecule has 0 aliphatic carbocycles. The predicted molar refractivity (Wildman–Crippen MR) is 117 cm³/mol. The van der Waals surface area contributed by atoms with Gasteiger partial charge in [0, 0.05) is 42.5 Å². The van der Waals surface area contributed by atoms with Gasteiger partial charge in [-0.25, -0.2) is 0 Å². The fraction of sp³-hybridized carbons (Fsp3) is 0.208. The molecular formula is C24H22N4O. The normalized spacial score (nSPS) is 15.0. The quantitative estimate of drug-likeness (QED) is 0.561. The first-order chi connectivity index (χ1) is 14.3. The van der Waals surface area contributed by atoms with Gasteiger partial charge in [-0.15, -0.1) is 0 Å². The zero-order chi connectivity index (χ0) is 19.6. The van der Waals surface area contributed by atoms with E-state index >= 15 is 0 Å². The highest BCUT2D eigenvalue weighted by atomic mass is 16.1. The van der Waals surface area contributed by atoms with Gasteiger partial charge in [-0.1, -0.05) is 30.3 Å². The van der Waals surface area contributed by atoms with Crippen LogP contribution in [-0.4, -0.2) is 29.0 Å². The lowest BCUT2D eigenvalue weighted by molar-refractivity contribution is -0.120. The zero-order valence-electron chi connectivity index (χ0n) is 16.1. The number of carbonyl (C=O) groups excluding carboxylic acids is 1. The highest BCUT2D eigenvalue weighted by molar-refractivity contribution is 6.01. The van der Waals surface area contributed by atoms with E-state index in [9.17, 15) is 4.79 Å². The molecule has 144 valence electrons. The van der Waals surface area contributed by atoms with Crippen LogP contribution in [0.3, 0.4) is 0 Å². The fourth-order valence-corrected chi connectivity index (χ4v) is 4.12. The molecule has 0 spiro atoms. The lowest BCUT2D eigenvalue weighted by Gasteiger charge is -2.33. The molecule has 0 radical (unpaired) electrons. The summed E-state index contributed by atoms with van der Waals surface area (Å²) in [4.78, 5) is 23.6. The van der Waals surface area contributed by atoms with Crippen molar-refractivity contribution >= 4 is 39.0 Å². The second-order valence-corrected chi connectivity index (χ2v) is 7.53. The standard InChI is InChI=1S/C24H22N4O/c29-24(27-22-8-12-26-23-16-25-11-7-21(22)23)18-9-13-28(14-10-18)20-6-5-17-3-1-2-4-19(17)15-20/h1-8,11-12,15-16,18H,9-10,13-14H2,(H,26,27,29). The van der Waals surface area contributed by atoms with E-state index < -0.39 is 0 Å². The van der Waals surface area contributed by atoms with E-state index in [1.165, 1.54) is 16.5 Å². The molecule has 0 bridgehead atoms. The molecule has 5 heteroatoms. The molecule has 2 aromatic heterocycles. The highest BCUT2D eigenvalue weighted by Gasteiger charge is 2.25. The van der Waals surface area contributed by atoms with Gasteiger partial charge >= 0.3 is 0 Å². The van der Waals surface area contributed by atoms with Crippen molar-refractivity contribution in [3.05, 3.63) is 73.2 Å². The number of hydrogen-bond acceptors (Lipinski definition) is 4. The van der Waals surface area contributed by atoms with Crippen LogP contribution >= 0.6 is 0 Å². The van der Waals surface area contributed by atoms with Crippen LogP contribution < -0.4 is 10.2 Å². The summed E-state index contributed by atoms with van der Waals surface area (Å²) in [6, 6.07) is 18.8. The summed E-state index contributed by atoms with van der Waals surface area (Å²) >= 11 is 0. The van der Waals surface area contributed by atoms with E-state index in [1.54, 1.807) is 18.6 Å². The number of benzene rings is 2. The maximum Gasteiger partial charge on any atom is 0.227 e. The Morgan fingerprint density at radius 1 is 0.966 bits per heavy atom. The van der Waals surface area contributed by atoms with Crippen LogP contribution in [0.25, 0.3) is 21.7 Å². The van der Waals surface area contributed by atoms with Gasteiger partial charge in [-0.05, 0) is 47.9 Å². The van der Waals surface area contributed by atoms with Crippen molar-refractivity contribution in [3.63, 3.8) is 0 Å². The third-order valence-corrected chi connectivity index (χ3v) is 5.77. The smallest absolute Gasteiger partial charge is 0.227 e. The molecule has 1 aliphatic heterocycles. The Morgan fingerprint density at radius 3 is 2.66 bits per heavy atom. The monoisotopic (exact) mass is 382 g/mol. The van der Waals surface area contributed by atoms with E-state index in [-0.39, 0.29) is 11.8 Å². The van der Waals surface area contributed by atoms with Crippen LogP contribution in [0.5, 0.6) is 0 Å². The molecular weight excluding hydrogens is 360 g/mol. The molecule has 5 nitrogen and oxygen atoms in total. The molecule has 1 fully saturated rings. The number of hydrogen-bond donors (Lipinski definition) is 1. The summed E-state index contributed by atoms with van der Waals surface area (Å²) < 4.78 is 0. The average molecular weight is 382 g/mol. The van der Waals surface area contributed by atoms with Crippen molar-refractivity contribution < 1.29 is 4.79 Å². The van der Waals surface area contributed by atoms with Crippen LogP contribution in [0.4, 0.5) is 11.4 Å². The Labute approximate surface area is 169 Å². The second kappa shape index (κ2) is 7.51. The molecule has 1 N–H and O–H groups in total. The Bertz CT molecular complexity index is 1180. The third-order valence-electron chi connectivity index (χ3n) is 5.77. The Kier molecular flexibility index (Phi) is 4.56. The molecule has 1 amide bonds. The molecule has 3 heterocycles. The number of piperidine rings is 1. The van der Waals surface area contributed by atoms with E-state index in [1.807, 2.05) is 12.1 Å². The van der Waals surface area contributed by atoms with Gasteiger partial charge in [-0.2, -0.15) is 0 Å². The molecule has 0 saturated carbocycles. The number of carbonyl (C=O) groups is 1. The van der Waals surface area contributed by atoms with E-state index in [4.69, 9.17) is 0 Å². The Hall–Kier alpha value is -3.47. The second-order valence-electron chi connectivity index (χ2n) is 7.53. The summed E-state index contributed by atoms with van der Waals surface area (Å²) in [5.41, 5.74) is 2.82. The molecule has 0 unspecified atom stereocenters. The van der Waals surface area contributed by atoms with Crippen LogP contribution in [0.2, 0.25) is 0 Å². The first kappa shape index (κ1) is 17.6. The number of nitrogens with zero attached hydrogens (tertiary/aromatic N) is 3. The predicted octanol–water partition coefficient (Wildman–Crippen LogP) is 4.64. The fourth-order valence-electron chi connectivity index (χ4n) is 4.12. The van der Waals surface area contributed by atoms with Gasteiger partial charge < -0.3 is 10.2 Å². The van der Waals surface area contributed by atoms with Crippen molar-refractivity contribution in [1.82, 2.24) is 9.97 Å². The van der Waals surface area contributed by atoms with Gasteiger partial charge in [-0.3, -0.25) is 14.8 Å². The van der Waals surface area contributed by atoms with Crippen LogP contribution in [-0.2, 0) is 4.79 Å². The minimum atomic E-state index is 0.0248. The van der Waals surface area contributed by atoms with E-state index in [2.05, 4.69) is 62.6 Å². The molecule has 29 heavy (non-hydrogen) atoms. The minimum Gasteiger partial charge on any atom is -0.371 e. The first-order valence-electron chi connectivity index (χ1n) is 10.0. The van der Waals surface area contributed by atoms with E-state index in [0.29, 0.717) is 0 Å². The van der Waals surface area contributed by atoms with Crippen molar-refractivity contribution in [2.45, 2.75) is 12.8 Å². The topological polar surface area (TPSA) is 58.1 Å². The number of aromatic nitrogens is 2. The van der Waals surface area contributed by atoms with Crippen molar-refractivity contribution in [2.75, 3.05) is 23.3 Å². The SMILES string of the molecule is O=C(Nc1ccnc2cnccc12)C1CCN(c2ccc3ccccc3c2)CC1. The molecule has 2 aromatic carbocycles. The number of anilines is 2. The van der Waals surface area contributed by atoms with Crippen molar-refractivity contribution in [3.8, 4) is 0 Å². The lowest BCUT2D eigenvalue weighted by Crippen LogP contribution is -2.38. The van der Waals surface area contributed by atoms with Crippen molar-refractivity contribution in [2.24, 2.45) is 5.92 Å². The van der Waals surface area contributed by atoms with Gasteiger partial charge in [0.1, 0.15) is 0 Å². The van der Waals surface area contributed by atoms with Crippen LogP contribution in [0.1, 0.15) is 12.8 Å². The first-order valence-corrected chi connectivity index (χ1v) is 10.0. The van der Waals surface area contributed by atoms with Gasteiger partial charge in [0.2, 0.25) is 5.91 Å². The highest BCUT2D eigenvalue weighted by Crippen LogP contribution is 2.28. The van der Waals surface area contributed by atoms with E-state index in [0.717, 1.165) is 42.5 Å². The molecule has 0 atom stereocenters. The molecule has 1 aliphatic rings. The number of pyridine rings is 2. The molecule has 5 rings (SSSR count). The molecule has 1 saturated heterocycles. The summed E-state index contributed by atoms with van der Waals surface area (Å²) in [5.74, 6) is 0.115. The molecule has 4 aromatic rings.